The van der Waals surface area contributed by atoms with E-state index in [4.69, 9.17) is 0 Å². The van der Waals surface area contributed by atoms with Crippen LogP contribution >= 0.6 is 0 Å². The molecule has 2 heterocycles. The van der Waals surface area contributed by atoms with Gasteiger partial charge in [-0.15, -0.1) is 0 Å². The number of amides is 1. The predicted octanol–water partition coefficient (Wildman–Crippen LogP) is 2.67. The van der Waals surface area contributed by atoms with Gasteiger partial charge in [0.25, 0.3) is 0 Å². The summed E-state index contributed by atoms with van der Waals surface area (Å²) in [6.45, 7) is 4.19. The smallest absolute Gasteiger partial charge is 0.226 e. The Morgan fingerprint density at radius 1 is 1.16 bits per heavy atom. The van der Waals surface area contributed by atoms with Crippen molar-refractivity contribution in [1.82, 2.24) is 14.8 Å². The molecule has 1 saturated heterocycles. The molecule has 130 valence electrons. The molecule has 1 aliphatic carbocycles. The van der Waals surface area contributed by atoms with Gasteiger partial charge in [0, 0.05) is 51.0 Å². The molecule has 0 spiro atoms. The minimum Gasteiger partial charge on any atom is -0.340 e. The van der Waals surface area contributed by atoms with Gasteiger partial charge in [-0.05, 0) is 41.7 Å². The number of hydrogen-bond acceptors (Lipinski definition) is 3. The zero-order valence-corrected chi connectivity index (χ0v) is 14.1. The first-order valence-corrected chi connectivity index (χ1v) is 8.86. The van der Waals surface area contributed by atoms with Crippen molar-refractivity contribution < 1.29 is 9.18 Å². The number of halogens is 1. The monoisotopic (exact) mass is 339 g/mol. The number of aromatic nitrogens is 1. The van der Waals surface area contributed by atoms with Crippen molar-refractivity contribution in [2.45, 2.75) is 18.9 Å². The molecule has 4 nitrogen and oxygen atoms in total. The number of carbonyl (C=O) groups excluding carboxylic acids is 1. The Kier molecular flexibility index (Phi) is 4.49. The van der Waals surface area contributed by atoms with Gasteiger partial charge < -0.3 is 4.90 Å². The fraction of sp³-hybridized carbons (Fsp3) is 0.400. The largest absolute Gasteiger partial charge is 0.340 e. The van der Waals surface area contributed by atoms with Crippen molar-refractivity contribution in [3.05, 3.63) is 65.7 Å². The highest BCUT2D eigenvalue weighted by molar-refractivity contribution is 5.83. The molecule has 2 fully saturated rings. The predicted molar refractivity (Wildman–Crippen MR) is 93.3 cm³/mol. The average Bonchev–Trinajstić information content (AvgIpc) is 3.43. The van der Waals surface area contributed by atoms with E-state index >= 15 is 0 Å². The Hall–Kier alpha value is -2.27. The first-order chi connectivity index (χ1) is 12.2. The van der Waals surface area contributed by atoms with Gasteiger partial charge in [0.1, 0.15) is 5.82 Å². The molecule has 0 unspecified atom stereocenters. The van der Waals surface area contributed by atoms with Crippen molar-refractivity contribution >= 4 is 5.91 Å². The molecule has 1 aliphatic heterocycles. The molecule has 1 aromatic carbocycles. The Morgan fingerprint density at radius 3 is 2.72 bits per heavy atom. The lowest BCUT2D eigenvalue weighted by atomic mass is 10.1. The maximum Gasteiger partial charge on any atom is 0.226 e. The fourth-order valence-electron chi connectivity index (χ4n) is 3.68. The fourth-order valence-corrected chi connectivity index (χ4v) is 3.68. The van der Waals surface area contributed by atoms with Crippen LogP contribution in [0.4, 0.5) is 4.39 Å². The van der Waals surface area contributed by atoms with Gasteiger partial charge in [-0.3, -0.25) is 14.7 Å². The molecule has 1 saturated carbocycles. The molecule has 1 aromatic heterocycles. The SMILES string of the molecule is O=C([C@H]1C[C@H]1c1cccc(F)c1)N1CCN(Cc2cccnc2)CC1. The highest BCUT2D eigenvalue weighted by Crippen LogP contribution is 2.48. The van der Waals surface area contributed by atoms with Crippen LogP contribution in [0.2, 0.25) is 0 Å². The Morgan fingerprint density at radius 2 is 2.00 bits per heavy atom. The molecule has 25 heavy (non-hydrogen) atoms. The van der Waals surface area contributed by atoms with Crippen LogP contribution < -0.4 is 0 Å². The second-order valence-electron chi connectivity index (χ2n) is 6.97. The molecule has 0 radical (unpaired) electrons. The molecule has 4 rings (SSSR count). The molecule has 2 aliphatic rings. The molecular formula is C20H22FN3O. The minimum atomic E-state index is -0.223. The van der Waals surface area contributed by atoms with E-state index in [0.717, 1.165) is 44.7 Å². The Labute approximate surface area is 147 Å². The lowest BCUT2D eigenvalue weighted by molar-refractivity contribution is -0.134. The maximum absolute atomic E-state index is 13.4. The number of nitrogens with zero attached hydrogens (tertiary/aromatic N) is 3. The Balaban J connectivity index is 1.29. The van der Waals surface area contributed by atoms with Crippen LogP contribution in [0.1, 0.15) is 23.5 Å². The van der Waals surface area contributed by atoms with Gasteiger partial charge in [-0.1, -0.05) is 18.2 Å². The van der Waals surface area contributed by atoms with Crippen molar-refractivity contribution in [2.75, 3.05) is 26.2 Å². The zero-order valence-electron chi connectivity index (χ0n) is 14.1. The highest BCUT2D eigenvalue weighted by atomic mass is 19.1. The maximum atomic E-state index is 13.4. The van der Waals surface area contributed by atoms with Crippen LogP contribution in [0, 0.1) is 11.7 Å². The van der Waals surface area contributed by atoms with E-state index in [-0.39, 0.29) is 23.6 Å². The molecule has 2 aromatic rings. The van der Waals surface area contributed by atoms with E-state index in [1.54, 1.807) is 18.3 Å². The summed E-state index contributed by atoms with van der Waals surface area (Å²) in [4.78, 5) is 21.2. The van der Waals surface area contributed by atoms with Gasteiger partial charge in [0.2, 0.25) is 5.91 Å². The number of piperazine rings is 1. The van der Waals surface area contributed by atoms with E-state index < -0.39 is 0 Å². The van der Waals surface area contributed by atoms with Crippen LogP contribution in [0.5, 0.6) is 0 Å². The summed E-state index contributed by atoms with van der Waals surface area (Å²) in [6, 6.07) is 10.7. The quantitative estimate of drug-likeness (QED) is 0.859. The highest BCUT2D eigenvalue weighted by Gasteiger charge is 2.46. The summed E-state index contributed by atoms with van der Waals surface area (Å²) in [7, 11) is 0. The second-order valence-corrected chi connectivity index (χ2v) is 6.97. The van der Waals surface area contributed by atoms with E-state index in [1.165, 1.54) is 11.6 Å². The summed E-state index contributed by atoms with van der Waals surface area (Å²) in [5.74, 6) is 0.234. The zero-order chi connectivity index (χ0) is 17.2. The molecule has 0 bridgehead atoms. The van der Waals surface area contributed by atoms with Gasteiger partial charge in [0.05, 0.1) is 0 Å². The molecular weight excluding hydrogens is 317 g/mol. The number of pyridine rings is 1. The van der Waals surface area contributed by atoms with Gasteiger partial charge in [0.15, 0.2) is 0 Å². The van der Waals surface area contributed by atoms with E-state index in [2.05, 4.69) is 16.0 Å². The summed E-state index contributed by atoms with van der Waals surface area (Å²) >= 11 is 0. The summed E-state index contributed by atoms with van der Waals surface area (Å²) in [6.07, 6.45) is 4.52. The van der Waals surface area contributed by atoms with Crippen LogP contribution in [0.3, 0.4) is 0 Å². The summed E-state index contributed by atoms with van der Waals surface area (Å²) < 4.78 is 13.4. The van der Waals surface area contributed by atoms with Gasteiger partial charge in [-0.2, -0.15) is 0 Å². The topological polar surface area (TPSA) is 36.4 Å². The lowest BCUT2D eigenvalue weighted by Gasteiger charge is -2.35. The van der Waals surface area contributed by atoms with Gasteiger partial charge in [-0.25, -0.2) is 4.39 Å². The minimum absolute atomic E-state index is 0.0340. The lowest BCUT2D eigenvalue weighted by Crippen LogP contribution is -2.48. The summed E-state index contributed by atoms with van der Waals surface area (Å²) in [5, 5.41) is 0. The number of hydrogen-bond donors (Lipinski definition) is 0. The number of rotatable bonds is 4. The third-order valence-electron chi connectivity index (χ3n) is 5.20. The van der Waals surface area contributed by atoms with Crippen LogP contribution in [-0.2, 0) is 11.3 Å². The number of benzene rings is 1. The molecule has 2 atom stereocenters. The third-order valence-corrected chi connectivity index (χ3v) is 5.20. The van der Waals surface area contributed by atoms with E-state index in [0.29, 0.717) is 0 Å². The first kappa shape index (κ1) is 16.2. The first-order valence-electron chi connectivity index (χ1n) is 8.86. The molecule has 1 amide bonds. The van der Waals surface area contributed by atoms with Crippen molar-refractivity contribution in [3.63, 3.8) is 0 Å². The van der Waals surface area contributed by atoms with Crippen molar-refractivity contribution in [2.24, 2.45) is 5.92 Å². The standard InChI is InChI=1S/C20H22FN3O/c21-17-5-1-4-16(11-17)18-12-19(18)20(25)24-9-7-23(8-10-24)14-15-3-2-6-22-13-15/h1-6,11,13,18-19H,7-10,12,14H2/t18-,19-/m0/s1. The van der Waals surface area contributed by atoms with Crippen LogP contribution in [0.15, 0.2) is 48.8 Å². The number of carbonyl (C=O) groups is 1. The van der Waals surface area contributed by atoms with E-state index in [9.17, 15) is 9.18 Å². The van der Waals surface area contributed by atoms with E-state index in [1.807, 2.05) is 23.2 Å². The van der Waals surface area contributed by atoms with Gasteiger partial charge >= 0.3 is 0 Å². The van der Waals surface area contributed by atoms with Crippen LogP contribution in [-0.4, -0.2) is 46.9 Å². The average molecular weight is 339 g/mol. The summed E-state index contributed by atoms with van der Waals surface area (Å²) in [5.41, 5.74) is 2.16. The molecule has 0 N–H and O–H groups in total. The van der Waals surface area contributed by atoms with Crippen LogP contribution in [0.25, 0.3) is 0 Å². The molecule has 5 heteroatoms. The second kappa shape index (κ2) is 6.92. The Bertz CT molecular complexity index is 744. The van der Waals surface area contributed by atoms with Crippen molar-refractivity contribution in [1.29, 1.82) is 0 Å². The van der Waals surface area contributed by atoms with Crippen molar-refractivity contribution in [3.8, 4) is 0 Å². The normalized spacial score (nSPS) is 23.5. The third kappa shape index (κ3) is 3.71.